The first-order chi connectivity index (χ1) is 9.90. The standard InChI is InChI=1S/C17H21NO3/c1-10-4-5-11(2)14(8-10)12(3)18-9-13-6-7-15(19)17(21)16(13)20/h4-8,12,18-21H,9H2,1-3H3. The number of aromatic hydroxyl groups is 3. The number of benzene rings is 2. The van der Waals surface area contributed by atoms with Gasteiger partial charge in [0.25, 0.3) is 0 Å². The lowest BCUT2D eigenvalue weighted by Crippen LogP contribution is -2.19. The molecule has 0 spiro atoms. The summed E-state index contributed by atoms with van der Waals surface area (Å²) in [5.41, 5.74) is 4.16. The quantitative estimate of drug-likeness (QED) is 0.651. The summed E-state index contributed by atoms with van der Waals surface area (Å²) in [5, 5.41) is 32.0. The Morgan fingerprint density at radius 1 is 1.00 bits per heavy atom. The largest absolute Gasteiger partial charge is 0.504 e. The molecule has 0 aliphatic rings. The third-order valence-corrected chi connectivity index (χ3v) is 3.71. The molecule has 4 heteroatoms. The molecular formula is C17H21NO3. The second-order valence-electron chi connectivity index (χ2n) is 5.40. The first kappa shape index (κ1) is 15.2. The first-order valence-corrected chi connectivity index (χ1v) is 6.93. The van der Waals surface area contributed by atoms with Crippen LogP contribution in [-0.2, 0) is 6.54 Å². The molecule has 0 fully saturated rings. The summed E-state index contributed by atoms with van der Waals surface area (Å²) in [6.07, 6.45) is 0. The molecule has 112 valence electrons. The van der Waals surface area contributed by atoms with E-state index in [1.165, 1.54) is 22.8 Å². The summed E-state index contributed by atoms with van der Waals surface area (Å²) in [6, 6.07) is 9.38. The highest BCUT2D eigenvalue weighted by Gasteiger charge is 2.13. The molecule has 2 aromatic carbocycles. The van der Waals surface area contributed by atoms with Gasteiger partial charge in [-0.25, -0.2) is 0 Å². The van der Waals surface area contributed by atoms with Crippen molar-refractivity contribution < 1.29 is 15.3 Å². The highest BCUT2D eigenvalue weighted by atomic mass is 16.3. The van der Waals surface area contributed by atoms with Crippen molar-refractivity contribution in [1.82, 2.24) is 5.32 Å². The van der Waals surface area contributed by atoms with Gasteiger partial charge in [-0.05, 0) is 38.0 Å². The van der Waals surface area contributed by atoms with E-state index in [9.17, 15) is 15.3 Å². The Labute approximate surface area is 124 Å². The molecule has 2 rings (SSSR count). The maximum Gasteiger partial charge on any atom is 0.200 e. The molecule has 0 amide bonds. The van der Waals surface area contributed by atoms with Crippen molar-refractivity contribution in [2.24, 2.45) is 0 Å². The number of aryl methyl sites for hydroxylation is 2. The Kier molecular flexibility index (Phi) is 4.38. The van der Waals surface area contributed by atoms with Gasteiger partial charge in [-0.1, -0.05) is 29.8 Å². The lowest BCUT2D eigenvalue weighted by Gasteiger charge is -2.18. The van der Waals surface area contributed by atoms with Crippen LogP contribution in [0.2, 0.25) is 0 Å². The van der Waals surface area contributed by atoms with Gasteiger partial charge >= 0.3 is 0 Å². The summed E-state index contributed by atoms with van der Waals surface area (Å²) in [5.74, 6) is -1.08. The van der Waals surface area contributed by atoms with E-state index in [1.54, 1.807) is 6.07 Å². The Bertz CT molecular complexity index is 653. The van der Waals surface area contributed by atoms with Crippen molar-refractivity contribution in [2.75, 3.05) is 0 Å². The smallest absolute Gasteiger partial charge is 0.200 e. The fraction of sp³-hybridized carbons (Fsp3) is 0.294. The molecule has 1 atom stereocenters. The molecule has 0 saturated heterocycles. The summed E-state index contributed by atoms with van der Waals surface area (Å²) < 4.78 is 0. The molecule has 4 N–H and O–H groups in total. The van der Waals surface area contributed by atoms with Gasteiger partial charge < -0.3 is 20.6 Å². The number of nitrogens with one attached hydrogen (secondary N) is 1. The third-order valence-electron chi connectivity index (χ3n) is 3.71. The van der Waals surface area contributed by atoms with E-state index < -0.39 is 5.75 Å². The van der Waals surface area contributed by atoms with Crippen LogP contribution < -0.4 is 5.32 Å². The van der Waals surface area contributed by atoms with Gasteiger partial charge in [-0.2, -0.15) is 0 Å². The van der Waals surface area contributed by atoms with E-state index in [-0.39, 0.29) is 17.5 Å². The molecule has 1 unspecified atom stereocenters. The normalized spacial score (nSPS) is 12.3. The average molecular weight is 287 g/mol. The van der Waals surface area contributed by atoms with Crippen LogP contribution in [0.5, 0.6) is 17.2 Å². The molecule has 0 aromatic heterocycles. The number of phenols is 3. The maximum absolute atomic E-state index is 9.81. The maximum atomic E-state index is 9.81. The zero-order valence-electron chi connectivity index (χ0n) is 12.5. The molecule has 0 bridgehead atoms. The van der Waals surface area contributed by atoms with E-state index in [0.717, 1.165) is 0 Å². The van der Waals surface area contributed by atoms with Crippen molar-refractivity contribution in [3.05, 3.63) is 52.6 Å². The van der Waals surface area contributed by atoms with Crippen molar-refractivity contribution in [1.29, 1.82) is 0 Å². The molecule has 0 aliphatic carbocycles. The summed E-state index contributed by atoms with van der Waals surface area (Å²) in [7, 11) is 0. The highest BCUT2D eigenvalue weighted by Crippen LogP contribution is 2.37. The fourth-order valence-electron chi connectivity index (χ4n) is 2.35. The Hall–Kier alpha value is -2.20. The monoisotopic (exact) mass is 287 g/mol. The van der Waals surface area contributed by atoms with Crippen LogP contribution in [0.25, 0.3) is 0 Å². The molecule has 4 nitrogen and oxygen atoms in total. The van der Waals surface area contributed by atoms with Crippen LogP contribution in [0.1, 0.15) is 35.2 Å². The predicted octanol–water partition coefficient (Wildman–Crippen LogP) is 3.27. The Morgan fingerprint density at radius 2 is 1.71 bits per heavy atom. The topological polar surface area (TPSA) is 72.7 Å². The van der Waals surface area contributed by atoms with Crippen LogP contribution >= 0.6 is 0 Å². The van der Waals surface area contributed by atoms with Gasteiger partial charge in [-0.15, -0.1) is 0 Å². The molecular weight excluding hydrogens is 266 g/mol. The second kappa shape index (κ2) is 6.06. The van der Waals surface area contributed by atoms with Crippen LogP contribution in [0.4, 0.5) is 0 Å². The average Bonchev–Trinajstić information content (AvgIpc) is 2.46. The van der Waals surface area contributed by atoms with Gasteiger partial charge in [-0.3, -0.25) is 0 Å². The number of rotatable bonds is 4. The second-order valence-corrected chi connectivity index (χ2v) is 5.40. The van der Waals surface area contributed by atoms with E-state index in [2.05, 4.69) is 44.3 Å². The number of hydrogen-bond acceptors (Lipinski definition) is 4. The van der Waals surface area contributed by atoms with Crippen molar-refractivity contribution in [3.63, 3.8) is 0 Å². The van der Waals surface area contributed by atoms with E-state index in [4.69, 9.17) is 0 Å². The molecule has 21 heavy (non-hydrogen) atoms. The Morgan fingerprint density at radius 3 is 2.43 bits per heavy atom. The van der Waals surface area contributed by atoms with Crippen LogP contribution in [-0.4, -0.2) is 15.3 Å². The van der Waals surface area contributed by atoms with Crippen molar-refractivity contribution in [2.45, 2.75) is 33.4 Å². The zero-order valence-corrected chi connectivity index (χ0v) is 12.5. The lowest BCUT2D eigenvalue weighted by atomic mass is 10.00. The zero-order chi connectivity index (χ0) is 15.6. The van der Waals surface area contributed by atoms with Gasteiger partial charge in [0.05, 0.1) is 0 Å². The molecule has 0 saturated carbocycles. The molecule has 0 aliphatic heterocycles. The van der Waals surface area contributed by atoms with Crippen molar-refractivity contribution >= 4 is 0 Å². The first-order valence-electron chi connectivity index (χ1n) is 6.93. The van der Waals surface area contributed by atoms with Gasteiger partial charge in [0, 0.05) is 18.2 Å². The SMILES string of the molecule is Cc1ccc(C)c(C(C)NCc2ccc(O)c(O)c2O)c1. The number of phenolic OH excluding ortho intramolecular Hbond substituents is 3. The number of hydrogen-bond donors (Lipinski definition) is 4. The van der Waals surface area contributed by atoms with Gasteiger partial charge in [0.2, 0.25) is 5.75 Å². The van der Waals surface area contributed by atoms with Crippen LogP contribution in [0.15, 0.2) is 30.3 Å². The predicted molar refractivity (Wildman–Crippen MR) is 82.6 cm³/mol. The lowest BCUT2D eigenvalue weighted by molar-refractivity contribution is 0.363. The summed E-state index contributed by atoms with van der Waals surface area (Å²) in [6.45, 7) is 6.57. The Balaban J connectivity index is 2.13. The minimum atomic E-state index is -0.478. The minimum absolute atomic E-state index is 0.111. The van der Waals surface area contributed by atoms with Crippen molar-refractivity contribution in [3.8, 4) is 17.2 Å². The third kappa shape index (κ3) is 3.28. The summed E-state index contributed by atoms with van der Waals surface area (Å²) >= 11 is 0. The highest BCUT2D eigenvalue weighted by molar-refractivity contribution is 5.53. The van der Waals surface area contributed by atoms with Crippen LogP contribution in [0, 0.1) is 13.8 Å². The summed E-state index contributed by atoms with van der Waals surface area (Å²) in [4.78, 5) is 0. The van der Waals surface area contributed by atoms with Crippen LogP contribution in [0.3, 0.4) is 0 Å². The van der Waals surface area contributed by atoms with E-state index in [0.29, 0.717) is 12.1 Å². The molecule has 2 aromatic rings. The van der Waals surface area contributed by atoms with Gasteiger partial charge in [0.1, 0.15) is 0 Å². The van der Waals surface area contributed by atoms with Gasteiger partial charge in [0.15, 0.2) is 11.5 Å². The fourth-order valence-corrected chi connectivity index (χ4v) is 2.35. The molecule has 0 heterocycles. The molecule has 0 radical (unpaired) electrons. The minimum Gasteiger partial charge on any atom is -0.504 e. The van der Waals surface area contributed by atoms with E-state index >= 15 is 0 Å². The van der Waals surface area contributed by atoms with E-state index in [1.807, 2.05) is 0 Å².